The highest BCUT2D eigenvalue weighted by Crippen LogP contribution is 2.49. The summed E-state index contributed by atoms with van der Waals surface area (Å²) in [6, 6.07) is 198. The van der Waals surface area contributed by atoms with Gasteiger partial charge in [-0.25, -0.2) is 0 Å². The fourth-order valence-electron chi connectivity index (χ4n) is 21.9. The molecule has 0 aliphatic carbocycles. The van der Waals surface area contributed by atoms with Gasteiger partial charge in [-0.15, -0.1) is 0 Å². The summed E-state index contributed by atoms with van der Waals surface area (Å²) in [4.78, 5) is 6.92. The van der Waals surface area contributed by atoms with Crippen molar-refractivity contribution >= 4 is 182 Å². The Balaban J connectivity index is 0.000000109. The Hall–Kier alpha value is -19.7. The van der Waals surface area contributed by atoms with E-state index in [1.165, 1.54) is 110 Å². The Morgan fingerprint density at radius 1 is 0.136 bits per heavy atom. The van der Waals surface area contributed by atoms with Crippen LogP contribution in [0.2, 0.25) is 0 Å². The average molecular weight is 1880 g/mol. The van der Waals surface area contributed by atoms with Crippen LogP contribution in [0, 0.1) is 0 Å². The molecule has 29 aromatic rings. The van der Waals surface area contributed by atoms with Crippen LogP contribution in [0.1, 0.15) is 0 Å². The third-order valence-electron chi connectivity index (χ3n) is 28.8. The molecule has 147 heavy (non-hydrogen) atoms. The molecule has 0 saturated heterocycles. The van der Waals surface area contributed by atoms with Crippen molar-refractivity contribution in [1.29, 1.82) is 0 Å². The van der Waals surface area contributed by atoms with Gasteiger partial charge < -0.3 is 41.7 Å². The molecule has 0 N–H and O–H groups in total. The highest BCUT2D eigenvalue weighted by molar-refractivity contribution is 6.16. The standard InChI is InChI=1S/2C48H32N2O.C42H28N2O/c1-2-13-36(14-3-1)49(38-30-26-34(27-31-38)40-19-11-20-44-43-18-6-9-23-47(43)51-48(40)44)37-28-24-33(25-29-37)35-12-10-15-39(32-35)50-45-21-7-4-16-41(45)42-17-5-8-22-46(42)50;1-2-11-33(12-3-1)34-21-23-35(24-22-34)36-25-27-37(28-26-36)49(46-19-10-16-43-42-15-6-9-20-47(42)51-48(43)46)38-29-31-39(32-30-38)50-44-17-7-4-13-40(44)41-14-5-8-18-45(41)50;1-2-11-29(12-3-1)30-21-23-31(24-22-30)43(40-19-10-16-37-36-15-6-9-20-41(36)45-42(37)40)32-25-27-33(28-26-32)44-38-17-7-4-13-34(38)35-14-5-8-18-39(35)44/h2*1-32H;1-28H. The van der Waals surface area contributed by atoms with E-state index in [1.807, 2.05) is 36.4 Å². The maximum Gasteiger partial charge on any atom is 0.159 e. The van der Waals surface area contributed by atoms with Crippen LogP contribution in [-0.2, 0) is 0 Å². The Morgan fingerprint density at radius 3 is 0.728 bits per heavy atom. The molecule has 6 aromatic heterocycles. The number of benzene rings is 23. The lowest BCUT2D eigenvalue weighted by atomic mass is 10.00. The molecule has 9 nitrogen and oxygen atoms in total. The summed E-state index contributed by atoms with van der Waals surface area (Å²) in [6.45, 7) is 0. The second-order valence-electron chi connectivity index (χ2n) is 37.3. The van der Waals surface area contributed by atoms with Crippen LogP contribution in [0.15, 0.2) is 571 Å². The lowest BCUT2D eigenvalue weighted by molar-refractivity contribution is 0.668. The molecule has 0 radical (unpaired) electrons. The minimum atomic E-state index is 0.866. The van der Waals surface area contributed by atoms with Crippen molar-refractivity contribution in [2.75, 3.05) is 14.7 Å². The number of aromatic nitrogens is 3. The number of nitrogens with zero attached hydrogens (tertiary/aromatic N) is 6. The number of fused-ring (bicyclic) bond motifs is 18. The average Bonchev–Trinajstić information content (AvgIpc) is 1.61. The van der Waals surface area contributed by atoms with Gasteiger partial charge in [0.2, 0.25) is 0 Å². The normalized spacial score (nSPS) is 11.5. The predicted molar refractivity (Wildman–Crippen MR) is 615 cm³/mol. The zero-order valence-electron chi connectivity index (χ0n) is 80.0. The largest absolute Gasteiger partial charge is 0.455 e. The molecule has 23 aromatic carbocycles. The number of rotatable bonds is 17. The van der Waals surface area contributed by atoms with Crippen LogP contribution < -0.4 is 14.7 Å². The third-order valence-corrected chi connectivity index (χ3v) is 28.8. The molecule has 0 aliphatic heterocycles. The first-order valence-corrected chi connectivity index (χ1v) is 50.0. The summed E-state index contributed by atoms with van der Waals surface area (Å²) in [5.74, 6) is 0. The van der Waals surface area contributed by atoms with Crippen molar-refractivity contribution in [3.63, 3.8) is 0 Å². The summed E-state index contributed by atoms with van der Waals surface area (Å²) < 4.78 is 26.6. The zero-order chi connectivity index (χ0) is 97.2. The van der Waals surface area contributed by atoms with E-state index in [0.717, 1.165) is 145 Å². The minimum Gasteiger partial charge on any atom is -0.455 e. The van der Waals surface area contributed by atoms with Crippen molar-refractivity contribution in [2.45, 2.75) is 0 Å². The molecule has 0 unspecified atom stereocenters. The summed E-state index contributed by atoms with van der Waals surface area (Å²) >= 11 is 0. The molecule has 6 heterocycles. The number of para-hydroxylation sites is 13. The molecule has 0 bridgehead atoms. The molecule has 0 fully saturated rings. The van der Waals surface area contributed by atoms with Gasteiger partial charge in [-0.2, -0.15) is 0 Å². The van der Waals surface area contributed by atoms with Crippen LogP contribution in [0.3, 0.4) is 0 Å². The first-order chi connectivity index (χ1) is 72.9. The van der Waals surface area contributed by atoms with E-state index >= 15 is 0 Å². The van der Waals surface area contributed by atoms with Gasteiger partial charge in [0.25, 0.3) is 0 Å². The maximum atomic E-state index is 6.58. The predicted octanol–water partition coefficient (Wildman–Crippen LogP) is 38.8. The SMILES string of the molecule is c1ccc(-c2ccc(-c3ccc(N(c4ccc(-n5c6ccccc6c6ccccc65)cc4)c4cccc5c4oc4ccccc45)cc3)cc2)cc1.c1ccc(-c2ccc(N(c3ccc(-n4c5ccccc5c5ccccc54)cc3)c3cccc4c3oc3ccccc34)cc2)cc1.c1ccc(N(c2ccc(-c3cccc(-n4c5ccccc5c5ccccc54)c3)cc2)c2ccc(-c3cccc4c3oc3ccccc34)cc2)cc1. The second kappa shape index (κ2) is 37.0. The van der Waals surface area contributed by atoms with E-state index < -0.39 is 0 Å². The van der Waals surface area contributed by atoms with Gasteiger partial charge in [0, 0.05) is 127 Å². The molecule has 0 spiro atoms. The van der Waals surface area contributed by atoms with Crippen molar-refractivity contribution in [1.82, 2.24) is 13.7 Å². The summed E-state index contributed by atoms with van der Waals surface area (Å²) in [5.41, 5.74) is 37.2. The van der Waals surface area contributed by atoms with Gasteiger partial charge in [-0.1, -0.05) is 370 Å². The number of hydrogen-bond donors (Lipinski definition) is 0. The van der Waals surface area contributed by atoms with Crippen molar-refractivity contribution < 1.29 is 13.3 Å². The van der Waals surface area contributed by atoms with Crippen LogP contribution in [0.5, 0.6) is 0 Å². The summed E-state index contributed by atoms with van der Waals surface area (Å²) in [7, 11) is 0. The summed E-state index contributed by atoms with van der Waals surface area (Å²) in [6.07, 6.45) is 0. The van der Waals surface area contributed by atoms with Crippen LogP contribution in [0.25, 0.3) is 204 Å². The van der Waals surface area contributed by atoms with E-state index in [0.29, 0.717) is 0 Å². The fourth-order valence-corrected chi connectivity index (χ4v) is 21.9. The first kappa shape index (κ1) is 86.4. The Kier molecular flexibility index (Phi) is 21.8. The topological polar surface area (TPSA) is 63.9 Å². The first-order valence-electron chi connectivity index (χ1n) is 50.0. The third kappa shape index (κ3) is 15.6. The maximum absolute atomic E-state index is 6.58. The minimum absolute atomic E-state index is 0.866. The van der Waals surface area contributed by atoms with Crippen molar-refractivity contribution in [2.24, 2.45) is 0 Å². The van der Waals surface area contributed by atoms with Gasteiger partial charge in [-0.05, 0) is 238 Å². The Bertz CT molecular complexity index is 9800. The van der Waals surface area contributed by atoms with E-state index in [4.69, 9.17) is 13.3 Å². The number of hydrogen-bond acceptors (Lipinski definition) is 6. The summed E-state index contributed by atoms with van der Waals surface area (Å²) in [5, 5.41) is 14.3. The lowest BCUT2D eigenvalue weighted by Crippen LogP contribution is -2.10. The van der Waals surface area contributed by atoms with Gasteiger partial charge in [0.1, 0.15) is 22.3 Å². The number of furan rings is 3. The fraction of sp³-hybridized carbons (Fsp3) is 0. The van der Waals surface area contributed by atoms with Crippen LogP contribution in [-0.4, -0.2) is 13.7 Å². The molecule has 0 atom stereocenters. The number of anilines is 9. The Labute approximate surface area is 848 Å². The monoisotopic (exact) mass is 1880 g/mol. The quantitative estimate of drug-likeness (QED) is 0.0905. The van der Waals surface area contributed by atoms with Crippen molar-refractivity contribution in [3.8, 4) is 72.7 Å². The zero-order valence-corrected chi connectivity index (χ0v) is 80.0. The Morgan fingerprint density at radius 2 is 0.367 bits per heavy atom. The molecule has 9 heteroatoms. The molecule has 0 aliphatic rings. The molecule has 0 saturated carbocycles. The molecular formula is C138H92N6O3. The van der Waals surface area contributed by atoms with Crippen LogP contribution in [0.4, 0.5) is 51.2 Å². The van der Waals surface area contributed by atoms with Crippen molar-refractivity contribution in [3.05, 3.63) is 558 Å². The smallest absolute Gasteiger partial charge is 0.159 e. The molecule has 0 amide bonds. The van der Waals surface area contributed by atoms with Gasteiger partial charge in [0.15, 0.2) is 11.2 Å². The van der Waals surface area contributed by atoms with E-state index in [2.05, 4.69) is 550 Å². The van der Waals surface area contributed by atoms with Gasteiger partial charge >= 0.3 is 0 Å². The highest BCUT2D eigenvalue weighted by atomic mass is 16.3. The highest BCUT2D eigenvalue weighted by Gasteiger charge is 2.26. The molecular weight excluding hydrogens is 1790 g/mol. The molecule has 29 rings (SSSR count). The van der Waals surface area contributed by atoms with Crippen LogP contribution >= 0.6 is 0 Å². The van der Waals surface area contributed by atoms with E-state index in [1.54, 1.807) is 0 Å². The van der Waals surface area contributed by atoms with Gasteiger partial charge in [-0.3, -0.25) is 0 Å². The van der Waals surface area contributed by atoms with E-state index in [-0.39, 0.29) is 0 Å². The lowest BCUT2D eigenvalue weighted by Gasteiger charge is -2.26. The van der Waals surface area contributed by atoms with Gasteiger partial charge in [0.05, 0.1) is 44.5 Å². The molecule has 692 valence electrons. The van der Waals surface area contributed by atoms with E-state index in [9.17, 15) is 0 Å². The second-order valence-corrected chi connectivity index (χ2v) is 37.3.